The lowest BCUT2D eigenvalue weighted by atomic mass is 10.2. The number of aromatic nitrogens is 2. The van der Waals surface area contributed by atoms with Gasteiger partial charge in [-0.15, -0.1) is 24.0 Å². The van der Waals surface area contributed by atoms with E-state index in [1.165, 1.54) is 5.56 Å². The Kier molecular flexibility index (Phi) is 9.09. The number of piperazine rings is 1. The third-order valence-electron chi connectivity index (χ3n) is 5.25. The average Bonchev–Trinajstić information content (AvgIpc) is 2.85. The Hall–Kier alpha value is -2.88. The smallest absolute Gasteiger partial charge is 0.194 e. The summed E-state index contributed by atoms with van der Waals surface area (Å²) in [6.07, 6.45) is 3.62. The van der Waals surface area contributed by atoms with Gasteiger partial charge >= 0.3 is 0 Å². The van der Waals surface area contributed by atoms with Gasteiger partial charge in [-0.3, -0.25) is 9.98 Å². The van der Waals surface area contributed by atoms with Gasteiger partial charge in [-0.25, -0.2) is 4.98 Å². The highest BCUT2D eigenvalue weighted by Crippen LogP contribution is 2.15. The van der Waals surface area contributed by atoms with Gasteiger partial charge in [-0.1, -0.05) is 24.3 Å². The van der Waals surface area contributed by atoms with Crippen molar-refractivity contribution < 1.29 is 4.74 Å². The van der Waals surface area contributed by atoms with Gasteiger partial charge in [0, 0.05) is 52.2 Å². The molecule has 2 aromatic heterocycles. The SMILES string of the molecule is CN=C(NCc1ccc(OCc2ccccn2)cc1)N1CCN(c2ccccn2)CC1.I. The lowest BCUT2D eigenvalue weighted by Gasteiger charge is -2.37. The summed E-state index contributed by atoms with van der Waals surface area (Å²) >= 11 is 0. The molecule has 8 heteroatoms. The topological polar surface area (TPSA) is 65.9 Å². The van der Waals surface area contributed by atoms with Crippen molar-refractivity contribution >= 4 is 35.8 Å². The number of pyridine rings is 2. The minimum Gasteiger partial charge on any atom is -0.487 e. The molecule has 3 heterocycles. The maximum absolute atomic E-state index is 5.81. The predicted molar refractivity (Wildman–Crippen MR) is 139 cm³/mol. The molecule has 32 heavy (non-hydrogen) atoms. The molecule has 0 aliphatic carbocycles. The second-order valence-electron chi connectivity index (χ2n) is 7.32. The number of hydrogen-bond donors (Lipinski definition) is 1. The summed E-state index contributed by atoms with van der Waals surface area (Å²) in [6.45, 7) is 4.87. The Morgan fingerprint density at radius 1 is 0.938 bits per heavy atom. The fourth-order valence-corrected chi connectivity index (χ4v) is 3.55. The maximum atomic E-state index is 5.81. The molecule has 1 aromatic carbocycles. The van der Waals surface area contributed by atoms with E-state index in [1.54, 1.807) is 6.20 Å². The Morgan fingerprint density at radius 3 is 2.28 bits per heavy atom. The highest BCUT2D eigenvalue weighted by Gasteiger charge is 2.20. The summed E-state index contributed by atoms with van der Waals surface area (Å²) in [5, 5.41) is 3.48. The first-order valence-corrected chi connectivity index (χ1v) is 10.5. The van der Waals surface area contributed by atoms with Gasteiger partial charge in [-0.2, -0.15) is 0 Å². The van der Waals surface area contributed by atoms with Crippen LogP contribution in [0.4, 0.5) is 5.82 Å². The zero-order valence-corrected chi connectivity index (χ0v) is 20.6. The van der Waals surface area contributed by atoms with Gasteiger partial charge in [0.25, 0.3) is 0 Å². The lowest BCUT2D eigenvalue weighted by Crippen LogP contribution is -2.52. The van der Waals surface area contributed by atoms with E-state index in [0.717, 1.165) is 49.4 Å². The zero-order chi connectivity index (χ0) is 21.3. The van der Waals surface area contributed by atoms with E-state index in [2.05, 4.69) is 48.3 Å². The van der Waals surface area contributed by atoms with Crippen molar-refractivity contribution in [2.75, 3.05) is 38.1 Å². The first kappa shape index (κ1) is 23.8. The van der Waals surface area contributed by atoms with Gasteiger partial charge < -0.3 is 19.9 Å². The molecule has 0 bridgehead atoms. The van der Waals surface area contributed by atoms with Crippen LogP contribution in [-0.4, -0.2) is 54.1 Å². The van der Waals surface area contributed by atoms with Crippen LogP contribution in [-0.2, 0) is 13.2 Å². The molecule has 0 spiro atoms. The summed E-state index contributed by atoms with van der Waals surface area (Å²) in [7, 11) is 1.84. The molecule has 0 saturated carbocycles. The van der Waals surface area contributed by atoms with Crippen molar-refractivity contribution in [3.8, 4) is 5.75 Å². The number of hydrogen-bond acceptors (Lipinski definition) is 5. The highest BCUT2D eigenvalue weighted by atomic mass is 127. The van der Waals surface area contributed by atoms with Crippen LogP contribution >= 0.6 is 24.0 Å². The standard InChI is InChI=1S/C24H28N6O.HI/c1-25-24(30-16-14-29(15-17-30)23-7-3-5-13-27-23)28-18-20-8-10-22(11-9-20)31-19-21-6-2-4-12-26-21;/h2-13H,14-19H2,1H3,(H,25,28);1H. The molecule has 1 N–H and O–H groups in total. The van der Waals surface area contributed by atoms with Gasteiger partial charge in [0.05, 0.1) is 5.69 Å². The summed E-state index contributed by atoms with van der Waals surface area (Å²) in [5.41, 5.74) is 2.10. The zero-order valence-electron chi connectivity index (χ0n) is 18.2. The third-order valence-corrected chi connectivity index (χ3v) is 5.25. The lowest BCUT2D eigenvalue weighted by molar-refractivity contribution is 0.301. The molecule has 3 aromatic rings. The summed E-state index contributed by atoms with van der Waals surface area (Å²) < 4.78 is 5.81. The van der Waals surface area contributed by atoms with E-state index in [4.69, 9.17) is 4.74 Å². The van der Waals surface area contributed by atoms with E-state index in [1.807, 2.05) is 55.7 Å². The normalized spacial score (nSPS) is 14.0. The second kappa shape index (κ2) is 12.2. The number of anilines is 1. The first-order valence-electron chi connectivity index (χ1n) is 10.5. The van der Waals surface area contributed by atoms with Crippen LogP contribution in [0.1, 0.15) is 11.3 Å². The minimum absolute atomic E-state index is 0. The number of rotatable bonds is 6. The molecular formula is C24H29IN6O. The second-order valence-corrected chi connectivity index (χ2v) is 7.32. The van der Waals surface area contributed by atoms with Crippen LogP contribution in [0.3, 0.4) is 0 Å². The Balaban J connectivity index is 0.00000289. The average molecular weight is 544 g/mol. The molecule has 1 fully saturated rings. The molecule has 1 saturated heterocycles. The van der Waals surface area contributed by atoms with Crippen LogP contribution in [0.15, 0.2) is 78.0 Å². The summed E-state index contributed by atoms with van der Waals surface area (Å²) in [5.74, 6) is 2.80. The largest absolute Gasteiger partial charge is 0.487 e. The van der Waals surface area contributed by atoms with Crippen molar-refractivity contribution in [2.24, 2.45) is 4.99 Å². The van der Waals surface area contributed by atoms with Gasteiger partial charge in [0.1, 0.15) is 18.2 Å². The van der Waals surface area contributed by atoms with Crippen LogP contribution in [0.5, 0.6) is 5.75 Å². The van der Waals surface area contributed by atoms with Gasteiger partial charge in [0.15, 0.2) is 5.96 Å². The van der Waals surface area contributed by atoms with E-state index < -0.39 is 0 Å². The fraction of sp³-hybridized carbons (Fsp3) is 0.292. The van der Waals surface area contributed by atoms with E-state index in [0.29, 0.717) is 13.2 Å². The van der Waals surface area contributed by atoms with Crippen LogP contribution in [0, 0.1) is 0 Å². The molecule has 0 amide bonds. The van der Waals surface area contributed by atoms with E-state index in [-0.39, 0.29) is 24.0 Å². The molecule has 0 unspecified atom stereocenters. The maximum Gasteiger partial charge on any atom is 0.194 e. The van der Waals surface area contributed by atoms with Crippen molar-refractivity contribution in [3.63, 3.8) is 0 Å². The monoisotopic (exact) mass is 544 g/mol. The molecule has 1 aliphatic rings. The summed E-state index contributed by atoms with van der Waals surface area (Å²) in [4.78, 5) is 17.8. The van der Waals surface area contributed by atoms with Crippen molar-refractivity contribution in [2.45, 2.75) is 13.2 Å². The molecular weight excluding hydrogens is 515 g/mol. The quantitative estimate of drug-likeness (QED) is 0.291. The van der Waals surface area contributed by atoms with Crippen LogP contribution < -0.4 is 15.0 Å². The van der Waals surface area contributed by atoms with Crippen molar-refractivity contribution in [1.82, 2.24) is 20.2 Å². The number of nitrogens with zero attached hydrogens (tertiary/aromatic N) is 5. The number of ether oxygens (including phenoxy) is 1. The molecule has 168 valence electrons. The number of nitrogens with one attached hydrogen (secondary N) is 1. The molecule has 0 atom stereocenters. The number of aliphatic imine (C=N–C) groups is 1. The fourth-order valence-electron chi connectivity index (χ4n) is 3.55. The van der Waals surface area contributed by atoms with Gasteiger partial charge in [-0.05, 0) is 42.0 Å². The molecule has 0 radical (unpaired) electrons. The number of halogens is 1. The Morgan fingerprint density at radius 2 is 1.66 bits per heavy atom. The van der Waals surface area contributed by atoms with E-state index >= 15 is 0 Å². The molecule has 1 aliphatic heterocycles. The Bertz CT molecular complexity index is 961. The molecule has 4 rings (SSSR count). The van der Waals surface area contributed by atoms with Crippen LogP contribution in [0.2, 0.25) is 0 Å². The highest BCUT2D eigenvalue weighted by molar-refractivity contribution is 14.0. The van der Waals surface area contributed by atoms with E-state index in [9.17, 15) is 0 Å². The minimum atomic E-state index is 0. The number of benzene rings is 1. The number of guanidine groups is 1. The summed E-state index contributed by atoms with van der Waals surface area (Å²) in [6, 6.07) is 20.0. The third kappa shape index (κ3) is 6.56. The van der Waals surface area contributed by atoms with Crippen molar-refractivity contribution in [3.05, 3.63) is 84.3 Å². The van der Waals surface area contributed by atoms with Crippen molar-refractivity contribution in [1.29, 1.82) is 0 Å². The Labute approximate surface area is 206 Å². The van der Waals surface area contributed by atoms with Gasteiger partial charge in [0.2, 0.25) is 0 Å². The first-order chi connectivity index (χ1) is 15.3. The molecule has 7 nitrogen and oxygen atoms in total. The predicted octanol–water partition coefficient (Wildman–Crippen LogP) is 3.57. The van der Waals surface area contributed by atoms with Crippen LogP contribution in [0.25, 0.3) is 0 Å².